The van der Waals surface area contributed by atoms with E-state index in [4.69, 9.17) is 5.11 Å². The van der Waals surface area contributed by atoms with E-state index in [1.807, 2.05) is 13.8 Å². The van der Waals surface area contributed by atoms with Gasteiger partial charge >= 0.3 is 11.9 Å². The lowest BCUT2D eigenvalue weighted by Crippen LogP contribution is -2.46. The van der Waals surface area contributed by atoms with Gasteiger partial charge in [0.15, 0.2) is 0 Å². The summed E-state index contributed by atoms with van der Waals surface area (Å²) >= 11 is 1.01. The molecule has 0 radical (unpaired) electrons. The number of thioether (sulfide) groups is 1. The van der Waals surface area contributed by atoms with Gasteiger partial charge in [-0.15, -0.1) is 11.8 Å². The van der Waals surface area contributed by atoms with Crippen LogP contribution in [0.5, 0.6) is 0 Å². The molecule has 6 nitrogen and oxygen atoms in total. The van der Waals surface area contributed by atoms with E-state index in [9.17, 15) is 14.4 Å². The van der Waals surface area contributed by atoms with Crippen LogP contribution in [0, 0.1) is 5.92 Å². The lowest BCUT2D eigenvalue weighted by Gasteiger charge is -2.21. The second kappa shape index (κ2) is 8.79. The molecule has 0 saturated carbocycles. The maximum atomic E-state index is 11.7. The van der Waals surface area contributed by atoms with E-state index in [0.29, 0.717) is 0 Å². The van der Waals surface area contributed by atoms with Gasteiger partial charge < -0.3 is 15.2 Å². The molecule has 3 atom stereocenters. The maximum Gasteiger partial charge on any atom is 0.328 e. The third kappa shape index (κ3) is 6.47. The Kier molecular flexibility index (Phi) is 8.22. The molecule has 19 heavy (non-hydrogen) atoms. The molecule has 0 fully saturated rings. The predicted molar refractivity (Wildman–Crippen MR) is 73.0 cm³/mol. The highest BCUT2D eigenvalue weighted by Gasteiger charge is 2.26. The van der Waals surface area contributed by atoms with Gasteiger partial charge in [-0.05, 0) is 12.8 Å². The van der Waals surface area contributed by atoms with Gasteiger partial charge in [-0.25, -0.2) is 4.79 Å². The van der Waals surface area contributed by atoms with E-state index >= 15 is 0 Å². The van der Waals surface area contributed by atoms with Gasteiger partial charge in [0.1, 0.15) is 6.04 Å². The molecule has 0 aliphatic heterocycles. The Morgan fingerprint density at radius 1 is 1.32 bits per heavy atom. The quantitative estimate of drug-likeness (QED) is 0.645. The summed E-state index contributed by atoms with van der Waals surface area (Å²) in [5.74, 6) is -1.87. The highest BCUT2D eigenvalue weighted by atomic mass is 32.2. The summed E-state index contributed by atoms with van der Waals surface area (Å²) in [5.41, 5.74) is 0. The Bertz CT molecular complexity index is 334. The van der Waals surface area contributed by atoms with Crippen LogP contribution in [0.4, 0.5) is 0 Å². The Morgan fingerprint density at radius 2 is 1.89 bits per heavy atom. The van der Waals surface area contributed by atoms with E-state index in [-0.39, 0.29) is 17.6 Å². The minimum absolute atomic E-state index is 0.00258. The smallest absolute Gasteiger partial charge is 0.328 e. The van der Waals surface area contributed by atoms with Crippen molar-refractivity contribution in [3.05, 3.63) is 0 Å². The summed E-state index contributed by atoms with van der Waals surface area (Å²) in [5, 5.41) is 10.6. The van der Waals surface area contributed by atoms with Crippen LogP contribution < -0.4 is 5.32 Å². The van der Waals surface area contributed by atoms with Crippen molar-refractivity contribution in [3.63, 3.8) is 0 Å². The molecule has 0 aromatic heterocycles. The van der Waals surface area contributed by atoms with Gasteiger partial charge in [0, 0.05) is 0 Å². The molecule has 0 spiro atoms. The number of ether oxygens (including phenoxy) is 1. The number of carboxylic acid groups (broad SMARTS) is 1. The topological polar surface area (TPSA) is 92.7 Å². The van der Waals surface area contributed by atoms with Crippen LogP contribution in [0.3, 0.4) is 0 Å². The molecule has 0 aliphatic rings. The molecule has 0 heterocycles. The highest BCUT2D eigenvalue weighted by Crippen LogP contribution is 2.12. The largest absolute Gasteiger partial charge is 0.480 e. The third-order valence-electron chi connectivity index (χ3n) is 2.80. The number of carboxylic acids is 1. The summed E-state index contributed by atoms with van der Waals surface area (Å²) in [6.45, 7) is 5.26. The average molecular weight is 291 g/mol. The predicted octanol–water partition coefficient (Wildman–Crippen LogP) is 0.897. The number of methoxy groups -OCH3 is 1. The molecule has 7 heteroatoms. The lowest BCUT2D eigenvalue weighted by atomic mass is 9.99. The number of aliphatic carboxylic acids is 1. The van der Waals surface area contributed by atoms with Crippen LogP contribution in [0.25, 0.3) is 0 Å². The van der Waals surface area contributed by atoms with E-state index in [0.717, 1.165) is 18.2 Å². The minimum atomic E-state index is -0.968. The van der Waals surface area contributed by atoms with Crippen LogP contribution in [0.15, 0.2) is 0 Å². The summed E-state index contributed by atoms with van der Waals surface area (Å²) in [6.07, 6.45) is 0.721. The fraction of sp³-hybridized carbons (Fsp3) is 0.750. The molecule has 1 amide bonds. The zero-order chi connectivity index (χ0) is 15.0. The summed E-state index contributed by atoms with van der Waals surface area (Å²) in [7, 11) is 1.27. The number of amides is 1. The van der Waals surface area contributed by atoms with Crippen molar-refractivity contribution in [1.29, 1.82) is 0 Å². The first-order chi connectivity index (χ1) is 8.83. The SMILES string of the molecule is CCC(C)C(NC(=O)CSC(C)C(=O)O)C(=O)OC. The first-order valence-corrected chi connectivity index (χ1v) is 7.09. The summed E-state index contributed by atoms with van der Waals surface area (Å²) in [4.78, 5) is 33.9. The lowest BCUT2D eigenvalue weighted by molar-refractivity contribution is -0.146. The van der Waals surface area contributed by atoms with Crippen molar-refractivity contribution in [2.24, 2.45) is 5.92 Å². The number of esters is 1. The number of hydrogen-bond donors (Lipinski definition) is 2. The molecule has 0 aromatic carbocycles. The monoisotopic (exact) mass is 291 g/mol. The van der Waals surface area contributed by atoms with E-state index in [1.165, 1.54) is 14.0 Å². The first kappa shape index (κ1) is 17.8. The molecular weight excluding hydrogens is 270 g/mol. The van der Waals surface area contributed by atoms with Crippen molar-refractivity contribution in [2.45, 2.75) is 38.5 Å². The number of hydrogen-bond acceptors (Lipinski definition) is 5. The second-order valence-electron chi connectivity index (χ2n) is 4.25. The number of carbonyl (C=O) groups excluding carboxylic acids is 2. The first-order valence-electron chi connectivity index (χ1n) is 6.05. The molecule has 0 bridgehead atoms. The summed E-state index contributed by atoms with van der Waals surface area (Å²) < 4.78 is 4.65. The Morgan fingerprint density at radius 3 is 2.32 bits per heavy atom. The second-order valence-corrected chi connectivity index (χ2v) is 5.57. The van der Waals surface area contributed by atoms with Crippen LogP contribution in [0.2, 0.25) is 0 Å². The number of nitrogens with one attached hydrogen (secondary N) is 1. The Labute approximate surface area is 117 Å². The minimum Gasteiger partial charge on any atom is -0.480 e. The Balaban J connectivity index is 4.39. The van der Waals surface area contributed by atoms with E-state index in [1.54, 1.807) is 0 Å². The van der Waals surface area contributed by atoms with Crippen molar-refractivity contribution in [1.82, 2.24) is 5.32 Å². The van der Waals surface area contributed by atoms with Crippen molar-refractivity contribution in [3.8, 4) is 0 Å². The fourth-order valence-corrected chi connectivity index (χ4v) is 1.91. The van der Waals surface area contributed by atoms with E-state index in [2.05, 4.69) is 10.1 Å². The molecule has 0 aromatic rings. The van der Waals surface area contributed by atoms with Crippen LogP contribution in [-0.4, -0.2) is 47.1 Å². The molecule has 3 unspecified atom stereocenters. The van der Waals surface area contributed by atoms with Gasteiger partial charge in [0.05, 0.1) is 18.1 Å². The normalized spacial score (nSPS) is 15.2. The highest BCUT2D eigenvalue weighted by molar-refractivity contribution is 8.01. The zero-order valence-electron chi connectivity index (χ0n) is 11.6. The van der Waals surface area contributed by atoms with Gasteiger partial charge in [0.2, 0.25) is 5.91 Å². The Hall–Kier alpha value is -1.24. The molecule has 0 rings (SSSR count). The van der Waals surface area contributed by atoms with E-state index < -0.39 is 23.2 Å². The number of rotatable bonds is 8. The van der Waals surface area contributed by atoms with Gasteiger partial charge in [-0.3, -0.25) is 9.59 Å². The molecular formula is C12H21NO5S. The average Bonchev–Trinajstić information content (AvgIpc) is 2.39. The molecule has 0 aliphatic carbocycles. The standard InChI is InChI=1S/C12H21NO5S/c1-5-7(2)10(12(17)18-4)13-9(14)6-19-8(3)11(15)16/h7-8,10H,5-6H2,1-4H3,(H,13,14)(H,15,16). The van der Waals surface area contributed by atoms with Gasteiger partial charge in [-0.2, -0.15) is 0 Å². The fourth-order valence-electron chi connectivity index (χ4n) is 1.28. The molecule has 110 valence electrons. The molecule has 0 saturated heterocycles. The van der Waals surface area contributed by atoms with Gasteiger partial charge in [-0.1, -0.05) is 20.3 Å². The maximum absolute atomic E-state index is 11.7. The summed E-state index contributed by atoms with van der Waals surface area (Å²) in [6, 6.07) is -0.691. The third-order valence-corrected chi connectivity index (χ3v) is 3.93. The van der Waals surface area contributed by atoms with Crippen LogP contribution in [0.1, 0.15) is 27.2 Å². The zero-order valence-corrected chi connectivity index (χ0v) is 12.5. The van der Waals surface area contributed by atoms with Crippen molar-refractivity contribution < 1.29 is 24.2 Å². The molecule has 2 N–H and O–H groups in total. The van der Waals surface area contributed by atoms with Crippen molar-refractivity contribution in [2.75, 3.05) is 12.9 Å². The number of carbonyl (C=O) groups is 3. The van der Waals surface area contributed by atoms with Gasteiger partial charge in [0.25, 0.3) is 0 Å². The van der Waals surface area contributed by atoms with Crippen molar-refractivity contribution >= 4 is 29.6 Å². The van der Waals surface area contributed by atoms with Crippen LogP contribution >= 0.6 is 11.8 Å². The van der Waals surface area contributed by atoms with Crippen LogP contribution in [-0.2, 0) is 19.1 Å².